The number of rotatable bonds is 2. The quantitative estimate of drug-likeness (QED) is 0.714. The molecule has 1 heterocycles. The molecule has 2 aromatic carbocycles. The lowest BCUT2D eigenvalue weighted by molar-refractivity contribution is 0.0603. The Balaban J connectivity index is 2.19. The molecule has 0 aliphatic rings. The fourth-order valence-corrected chi connectivity index (χ4v) is 2.65. The molecule has 0 saturated carbocycles. The predicted octanol–water partition coefficient (Wildman–Crippen LogP) is 3.92. The Kier molecular flexibility index (Phi) is 3.47. The van der Waals surface area contributed by atoms with E-state index in [4.69, 9.17) is 4.74 Å². The molecule has 0 amide bonds. The van der Waals surface area contributed by atoms with Crippen LogP contribution in [0.25, 0.3) is 22.4 Å². The number of hydrogen-bond donors (Lipinski definition) is 1. The van der Waals surface area contributed by atoms with E-state index in [0.29, 0.717) is 32.5 Å². The molecule has 0 aliphatic carbocycles. The number of carbonyl (C=O) groups is 1. The zero-order valence-electron chi connectivity index (χ0n) is 11.0. The average molecular weight is 349 g/mol. The molecule has 4 nitrogen and oxygen atoms in total. The molecule has 3 aromatic rings. The molecule has 0 aliphatic heterocycles. The average Bonchev–Trinajstić information content (AvgIpc) is 2.89. The minimum Gasteiger partial charge on any atom is -0.465 e. The number of para-hydroxylation sites is 1. The van der Waals surface area contributed by atoms with Gasteiger partial charge in [0.05, 0.1) is 18.2 Å². The second-order valence-corrected chi connectivity index (χ2v) is 5.26. The van der Waals surface area contributed by atoms with Crippen molar-refractivity contribution in [2.24, 2.45) is 0 Å². The van der Waals surface area contributed by atoms with Crippen molar-refractivity contribution in [3.05, 3.63) is 52.3 Å². The van der Waals surface area contributed by atoms with Gasteiger partial charge in [0, 0.05) is 10.0 Å². The zero-order valence-corrected chi connectivity index (χ0v) is 12.6. The van der Waals surface area contributed by atoms with E-state index < -0.39 is 5.97 Å². The smallest absolute Gasteiger partial charge is 0.340 e. The van der Waals surface area contributed by atoms with Crippen molar-refractivity contribution in [1.82, 2.24) is 9.97 Å². The number of nitrogens with zero attached hydrogens (tertiary/aromatic N) is 1. The molecule has 6 heteroatoms. The van der Waals surface area contributed by atoms with Crippen molar-refractivity contribution in [2.75, 3.05) is 7.11 Å². The predicted molar refractivity (Wildman–Crippen MR) is 80.5 cm³/mol. The summed E-state index contributed by atoms with van der Waals surface area (Å²) in [7, 11) is 1.32. The summed E-state index contributed by atoms with van der Waals surface area (Å²) in [6, 6.07) is 9.55. The number of hydrogen-bond acceptors (Lipinski definition) is 3. The summed E-state index contributed by atoms with van der Waals surface area (Å²) < 4.78 is 18.5. The van der Waals surface area contributed by atoms with Gasteiger partial charge in [-0.1, -0.05) is 6.07 Å². The highest BCUT2D eigenvalue weighted by atomic mass is 79.9. The first kappa shape index (κ1) is 13.8. The second-order valence-electron chi connectivity index (χ2n) is 4.40. The number of fused-ring (bicyclic) bond motifs is 1. The summed E-state index contributed by atoms with van der Waals surface area (Å²) in [6.07, 6.45) is 0. The first-order valence-electron chi connectivity index (χ1n) is 6.12. The fourth-order valence-electron chi connectivity index (χ4n) is 2.12. The van der Waals surface area contributed by atoms with E-state index in [0.717, 1.165) is 0 Å². The topological polar surface area (TPSA) is 55.0 Å². The van der Waals surface area contributed by atoms with Crippen LogP contribution in [0.15, 0.2) is 40.9 Å². The van der Waals surface area contributed by atoms with Gasteiger partial charge in [-0.3, -0.25) is 0 Å². The number of esters is 1. The fraction of sp³-hybridized carbons (Fsp3) is 0.0667. The Morgan fingerprint density at radius 2 is 2.14 bits per heavy atom. The lowest BCUT2D eigenvalue weighted by Gasteiger charge is -2.00. The number of nitrogens with one attached hydrogen (secondary N) is 1. The maximum Gasteiger partial charge on any atom is 0.340 e. The third kappa shape index (κ3) is 2.42. The lowest BCUT2D eigenvalue weighted by atomic mass is 10.2. The molecule has 3 rings (SSSR count). The summed E-state index contributed by atoms with van der Waals surface area (Å²) >= 11 is 3.31. The van der Waals surface area contributed by atoms with Crippen molar-refractivity contribution in [2.45, 2.75) is 0 Å². The van der Waals surface area contributed by atoms with Crippen LogP contribution >= 0.6 is 15.9 Å². The van der Waals surface area contributed by atoms with Gasteiger partial charge in [0.25, 0.3) is 0 Å². The van der Waals surface area contributed by atoms with Crippen LogP contribution in [0, 0.1) is 5.82 Å². The van der Waals surface area contributed by atoms with Crippen LogP contribution in [0.5, 0.6) is 0 Å². The summed E-state index contributed by atoms with van der Waals surface area (Å²) in [4.78, 5) is 19.3. The van der Waals surface area contributed by atoms with Crippen LogP contribution in [-0.4, -0.2) is 23.0 Å². The first-order chi connectivity index (χ1) is 10.1. The summed E-state index contributed by atoms with van der Waals surface area (Å²) in [5, 5.41) is 0. The highest BCUT2D eigenvalue weighted by Gasteiger charge is 2.15. The molecule has 0 fully saturated rings. The molecular formula is C15H10BrFN2O2. The molecule has 1 aromatic heterocycles. The van der Waals surface area contributed by atoms with Crippen molar-refractivity contribution < 1.29 is 13.9 Å². The molecule has 1 N–H and O–H groups in total. The van der Waals surface area contributed by atoms with Crippen LogP contribution in [-0.2, 0) is 4.74 Å². The molecule has 0 radical (unpaired) electrons. The largest absolute Gasteiger partial charge is 0.465 e. The SMILES string of the molecule is COC(=O)c1cccc2[nH]c(-c3ccc(F)cc3Br)nc12. The lowest BCUT2D eigenvalue weighted by Crippen LogP contribution is -2.01. The molecule has 0 spiro atoms. The van der Waals surface area contributed by atoms with Gasteiger partial charge in [-0.05, 0) is 46.3 Å². The van der Waals surface area contributed by atoms with E-state index in [2.05, 4.69) is 25.9 Å². The van der Waals surface area contributed by atoms with E-state index in [-0.39, 0.29) is 5.82 Å². The number of methoxy groups -OCH3 is 1. The number of aromatic nitrogens is 2. The first-order valence-corrected chi connectivity index (χ1v) is 6.92. The third-order valence-corrected chi connectivity index (χ3v) is 3.76. The maximum absolute atomic E-state index is 13.2. The number of ether oxygens (including phenoxy) is 1. The van der Waals surface area contributed by atoms with Crippen LogP contribution in [0.2, 0.25) is 0 Å². The Bertz CT molecular complexity index is 845. The molecule has 106 valence electrons. The minimum absolute atomic E-state index is 0.336. The second kappa shape index (κ2) is 5.29. The number of benzene rings is 2. The maximum atomic E-state index is 13.2. The van der Waals surface area contributed by atoms with Crippen molar-refractivity contribution >= 4 is 32.9 Å². The van der Waals surface area contributed by atoms with Gasteiger partial charge in [-0.25, -0.2) is 14.2 Å². The third-order valence-electron chi connectivity index (χ3n) is 3.10. The van der Waals surface area contributed by atoms with Gasteiger partial charge in [-0.2, -0.15) is 0 Å². The van der Waals surface area contributed by atoms with E-state index in [1.807, 2.05) is 6.07 Å². The zero-order chi connectivity index (χ0) is 15.0. The minimum atomic E-state index is -0.447. The van der Waals surface area contributed by atoms with Crippen LogP contribution in [0.3, 0.4) is 0 Å². The van der Waals surface area contributed by atoms with Crippen molar-refractivity contribution in [3.8, 4) is 11.4 Å². The van der Waals surface area contributed by atoms with Crippen molar-refractivity contribution in [1.29, 1.82) is 0 Å². The van der Waals surface area contributed by atoms with Crippen LogP contribution < -0.4 is 0 Å². The Morgan fingerprint density at radius 1 is 1.33 bits per heavy atom. The molecule has 0 bridgehead atoms. The Morgan fingerprint density at radius 3 is 2.86 bits per heavy atom. The normalized spacial score (nSPS) is 10.8. The molecular weight excluding hydrogens is 339 g/mol. The summed E-state index contributed by atoms with van der Waals surface area (Å²) in [6.45, 7) is 0. The number of aromatic amines is 1. The van der Waals surface area contributed by atoms with Crippen LogP contribution in [0.4, 0.5) is 4.39 Å². The van der Waals surface area contributed by atoms with Crippen molar-refractivity contribution in [3.63, 3.8) is 0 Å². The standard InChI is InChI=1S/C15H10BrFN2O2/c1-21-15(20)10-3-2-4-12-13(10)19-14(18-12)9-6-5-8(17)7-11(9)16/h2-7H,1H3,(H,18,19). The highest BCUT2D eigenvalue weighted by molar-refractivity contribution is 9.10. The highest BCUT2D eigenvalue weighted by Crippen LogP contribution is 2.29. The Hall–Kier alpha value is -2.21. The monoisotopic (exact) mass is 348 g/mol. The van der Waals surface area contributed by atoms with Gasteiger partial charge < -0.3 is 9.72 Å². The molecule has 0 atom stereocenters. The number of carbonyl (C=O) groups excluding carboxylic acids is 1. The van der Waals surface area contributed by atoms with E-state index in [1.165, 1.54) is 19.2 Å². The summed E-state index contributed by atoms with van der Waals surface area (Å²) in [5.41, 5.74) is 2.33. The van der Waals surface area contributed by atoms with Crippen LogP contribution in [0.1, 0.15) is 10.4 Å². The number of halogens is 2. The van der Waals surface area contributed by atoms with Gasteiger partial charge >= 0.3 is 5.97 Å². The molecule has 0 unspecified atom stereocenters. The molecule has 21 heavy (non-hydrogen) atoms. The van der Waals surface area contributed by atoms with E-state index >= 15 is 0 Å². The molecule has 0 saturated heterocycles. The van der Waals surface area contributed by atoms with Gasteiger partial charge in [0.1, 0.15) is 17.2 Å². The number of imidazole rings is 1. The van der Waals surface area contributed by atoms with E-state index in [1.54, 1.807) is 18.2 Å². The Labute approximate surface area is 128 Å². The van der Waals surface area contributed by atoms with Gasteiger partial charge in [0.2, 0.25) is 0 Å². The van der Waals surface area contributed by atoms with E-state index in [9.17, 15) is 9.18 Å². The number of H-pyrrole nitrogens is 1. The summed E-state index contributed by atoms with van der Waals surface area (Å²) in [5.74, 6) is -0.234. The van der Waals surface area contributed by atoms with Gasteiger partial charge in [-0.15, -0.1) is 0 Å². The van der Waals surface area contributed by atoms with Gasteiger partial charge in [0.15, 0.2) is 0 Å².